The molecule has 43 heavy (non-hydrogen) atoms. The Hall–Kier alpha value is -3.75. The van der Waals surface area contributed by atoms with Gasteiger partial charge < -0.3 is 18.6 Å². The van der Waals surface area contributed by atoms with Crippen LogP contribution in [0.2, 0.25) is 0 Å². The van der Waals surface area contributed by atoms with Gasteiger partial charge in [0, 0.05) is 46.8 Å². The van der Waals surface area contributed by atoms with Gasteiger partial charge in [-0.2, -0.15) is 0 Å². The summed E-state index contributed by atoms with van der Waals surface area (Å²) in [5.41, 5.74) is -0.880. The minimum atomic E-state index is -1.25. The van der Waals surface area contributed by atoms with Crippen LogP contribution in [-0.4, -0.2) is 42.7 Å². The van der Waals surface area contributed by atoms with Gasteiger partial charge in [0.25, 0.3) is 0 Å². The molecular weight excluding hydrogens is 552 g/mol. The third kappa shape index (κ3) is 3.48. The van der Waals surface area contributed by atoms with Crippen molar-refractivity contribution in [3.63, 3.8) is 0 Å². The van der Waals surface area contributed by atoms with Gasteiger partial charge in [0.15, 0.2) is 11.6 Å². The number of esters is 3. The second kappa shape index (κ2) is 9.37. The van der Waals surface area contributed by atoms with Crippen molar-refractivity contribution in [3.8, 4) is 0 Å². The number of Topliss-reactive ketones (excluding diaryl/α,β-unsaturated/α-hetero) is 2. The average molecular weight is 591 g/mol. The third-order valence-electron chi connectivity index (χ3n) is 11.8. The molecule has 9 nitrogen and oxygen atoms in total. The molecule has 9 heteroatoms. The Morgan fingerprint density at radius 1 is 1.14 bits per heavy atom. The molecule has 4 aliphatic carbocycles. The van der Waals surface area contributed by atoms with Gasteiger partial charge in [0.05, 0.1) is 31.0 Å². The number of carbonyl (C=O) groups is 5. The molecule has 1 aliphatic heterocycles. The van der Waals surface area contributed by atoms with Crippen molar-refractivity contribution in [2.75, 3.05) is 7.11 Å². The monoisotopic (exact) mass is 590 g/mol. The van der Waals surface area contributed by atoms with Crippen molar-refractivity contribution in [1.29, 1.82) is 0 Å². The van der Waals surface area contributed by atoms with Crippen LogP contribution < -0.4 is 0 Å². The van der Waals surface area contributed by atoms with E-state index in [0.29, 0.717) is 35.1 Å². The Balaban J connectivity index is 1.66. The van der Waals surface area contributed by atoms with Crippen molar-refractivity contribution < 1.29 is 42.6 Å². The lowest BCUT2D eigenvalue weighted by atomic mass is 9.41. The van der Waals surface area contributed by atoms with E-state index in [9.17, 15) is 19.2 Å². The highest BCUT2D eigenvalue weighted by molar-refractivity contribution is 6.13. The van der Waals surface area contributed by atoms with Crippen molar-refractivity contribution in [3.05, 3.63) is 58.6 Å². The summed E-state index contributed by atoms with van der Waals surface area (Å²) >= 11 is 0. The Morgan fingerprint density at radius 2 is 1.86 bits per heavy atom. The Morgan fingerprint density at radius 3 is 2.47 bits per heavy atom. The van der Waals surface area contributed by atoms with Gasteiger partial charge in [0.1, 0.15) is 12.2 Å². The van der Waals surface area contributed by atoms with Crippen LogP contribution in [0, 0.1) is 33.5 Å². The van der Waals surface area contributed by atoms with E-state index in [-0.39, 0.29) is 24.4 Å². The zero-order valence-corrected chi connectivity index (χ0v) is 25.7. The highest BCUT2D eigenvalue weighted by Crippen LogP contribution is 2.82. The summed E-state index contributed by atoms with van der Waals surface area (Å²) in [5.74, 6) is -3.52. The molecule has 1 unspecified atom stereocenters. The smallest absolute Gasteiger partial charge is 0.331 e. The SMILES string of the molecule is C/C=C(\C)C(=O)[C@]12C[C@@]3(C)[C@H](OC(C)=O)C1C(=O)C1=C(CC[C@]4(C)C1=CC(=O)O[C@H]4c1ccoc1)[C@]2(C)[C@H]3CC(=O)OC. The van der Waals surface area contributed by atoms with E-state index >= 15 is 4.79 Å². The molecule has 2 fully saturated rings. The van der Waals surface area contributed by atoms with Crippen molar-refractivity contribution >= 4 is 29.5 Å². The number of cyclic esters (lactones) is 1. The number of fused-ring (bicyclic) bond motifs is 4. The third-order valence-corrected chi connectivity index (χ3v) is 11.8. The van der Waals surface area contributed by atoms with Crippen LogP contribution in [0.1, 0.15) is 78.9 Å². The Kier molecular flexibility index (Phi) is 6.39. The van der Waals surface area contributed by atoms with E-state index in [1.165, 1.54) is 26.4 Å². The van der Waals surface area contributed by atoms with E-state index < -0.39 is 63.6 Å². The number of rotatable bonds is 6. The van der Waals surface area contributed by atoms with Crippen LogP contribution in [0.25, 0.3) is 0 Å². The van der Waals surface area contributed by atoms with Gasteiger partial charge >= 0.3 is 17.9 Å². The predicted molar refractivity (Wildman–Crippen MR) is 152 cm³/mol. The second-order valence-corrected chi connectivity index (χ2v) is 13.6. The highest BCUT2D eigenvalue weighted by atomic mass is 16.6. The Bertz CT molecular complexity index is 1560. The molecule has 0 N–H and O–H groups in total. The number of ether oxygens (including phenoxy) is 3. The average Bonchev–Trinajstić information content (AvgIpc) is 3.63. The maximum atomic E-state index is 15.1. The number of ketones is 2. The van der Waals surface area contributed by atoms with Gasteiger partial charge in [-0.25, -0.2) is 4.79 Å². The lowest BCUT2D eigenvalue weighted by Gasteiger charge is -2.61. The predicted octanol–water partition coefficient (Wildman–Crippen LogP) is 5.16. The van der Waals surface area contributed by atoms with Crippen LogP contribution in [-0.2, 0) is 38.2 Å². The molecule has 5 aliphatic rings. The first-order valence-corrected chi connectivity index (χ1v) is 14.9. The number of carbonyl (C=O) groups excluding carboxylic acids is 5. The van der Waals surface area contributed by atoms with Crippen molar-refractivity contribution in [2.45, 2.75) is 79.4 Å². The number of hydrogen-bond donors (Lipinski definition) is 0. The van der Waals surface area contributed by atoms with E-state index in [1.54, 1.807) is 32.3 Å². The van der Waals surface area contributed by atoms with Crippen molar-refractivity contribution in [1.82, 2.24) is 0 Å². The molecule has 228 valence electrons. The van der Waals surface area contributed by atoms with Crippen molar-refractivity contribution in [2.24, 2.45) is 33.5 Å². The highest BCUT2D eigenvalue weighted by Gasteiger charge is 2.84. The van der Waals surface area contributed by atoms with E-state index in [4.69, 9.17) is 18.6 Å². The summed E-state index contributed by atoms with van der Waals surface area (Å²) in [6.07, 6.45) is 5.84. The number of methoxy groups -OCH3 is 1. The van der Waals surface area contributed by atoms with Crippen LogP contribution in [0.4, 0.5) is 0 Å². The lowest BCUT2D eigenvalue weighted by molar-refractivity contribution is -0.181. The molecule has 1 aromatic rings. The minimum Gasteiger partial charge on any atom is -0.472 e. The molecule has 0 radical (unpaired) electrons. The fourth-order valence-corrected chi connectivity index (χ4v) is 9.92. The maximum absolute atomic E-state index is 15.1. The van der Waals surface area contributed by atoms with Gasteiger partial charge in [-0.15, -0.1) is 0 Å². The van der Waals surface area contributed by atoms with Crippen LogP contribution in [0.3, 0.4) is 0 Å². The first-order chi connectivity index (χ1) is 20.2. The first kappa shape index (κ1) is 29.3. The van der Waals surface area contributed by atoms with E-state index in [1.807, 2.05) is 20.8 Å². The molecular formula is C34H38O9. The quantitative estimate of drug-likeness (QED) is 0.251. The summed E-state index contributed by atoms with van der Waals surface area (Å²) in [6, 6.07) is 1.75. The zero-order chi connectivity index (χ0) is 31.3. The van der Waals surface area contributed by atoms with Gasteiger partial charge in [-0.1, -0.05) is 32.4 Å². The molecule has 0 spiro atoms. The molecule has 2 bridgehead atoms. The fourth-order valence-electron chi connectivity index (χ4n) is 9.92. The topological polar surface area (TPSA) is 126 Å². The normalized spacial score (nSPS) is 39.5. The molecule has 6 rings (SSSR count). The van der Waals surface area contributed by atoms with Crippen LogP contribution in [0.15, 0.2) is 57.5 Å². The van der Waals surface area contributed by atoms with E-state index in [2.05, 4.69) is 0 Å². The number of furan rings is 1. The van der Waals surface area contributed by atoms with Gasteiger partial charge in [0.2, 0.25) is 0 Å². The zero-order valence-electron chi connectivity index (χ0n) is 25.7. The molecule has 0 saturated heterocycles. The first-order valence-electron chi connectivity index (χ1n) is 14.9. The largest absolute Gasteiger partial charge is 0.472 e. The Labute approximate surface area is 250 Å². The molecule has 2 saturated carbocycles. The summed E-state index contributed by atoms with van der Waals surface area (Å²) in [4.78, 5) is 68.4. The maximum Gasteiger partial charge on any atom is 0.331 e. The molecule has 0 aromatic carbocycles. The molecule has 0 amide bonds. The van der Waals surface area contributed by atoms with Gasteiger partial charge in [-0.3, -0.25) is 19.2 Å². The lowest BCUT2D eigenvalue weighted by Crippen LogP contribution is -2.65. The number of allylic oxidation sites excluding steroid dienone is 4. The fraction of sp³-hybridized carbons (Fsp3) is 0.559. The molecule has 8 atom stereocenters. The minimum absolute atomic E-state index is 0.0150. The summed E-state index contributed by atoms with van der Waals surface area (Å²) < 4.78 is 22.3. The summed E-state index contributed by atoms with van der Waals surface area (Å²) in [5, 5.41) is 0. The van der Waals surface area contributed by atoms with Crippen LogP contribution in [0.5, 0.6) is 0 Å². The molecule has 1 aromatic heterocycles. The van der Waals surface area contributed by atoms with Crippen LogP contribution >= 0.6 is 0 Å². The number of hydrogen-bond acceptors (Lipinski definition) is 9. The van der Waals surface area contributed by atoms with E-state index in [0.717, 1.165) is 5.57 Å². The second-order valence-electron chi connectivity index (χ2n) is 13.6. The van der Waals surface area contributed by atoms with Gasteiger partial charge in [-0.05, 0) is 56.2 Å². The summed E-state index contributed by atoms with van der Waals surface area (Å²) in [6.45, 7) is 10.7. The summed E-state index contributed by atoms with van der Waals surface area (Å²) in [7, 11) is 1.33. The standard InChI is InChI=1S/C34H38O9/c1-8-17(2)28(39)34-16-32(5)22(14-23(36)40-7)33(34,6)20-9-11-31(4)21(13-24(37)43-29(31)19-10-12-41-15-19)25(20)27(38)26(34)30(32)42-18(3)35/h8,10,12-13,15,22,26,29-30H,9,11,14,16H2,1-7H3/b17-8+/t22-,26?,29-,30+,31+,32+,33+,34-/m0/s1. The molecule has 2 heterocycles.